The number of carbonyl (C=O) groups excluding carboxylic acids is 1. The van der Waals surface area contributed by atoms with Crippen molar-refractivity contribution in [2.75, 3.05) is 35.6 Å². The molecule has 1 amide bonds. The Morgan fingerprint density at radius 3 is 3.00 bits per heavy atom. The summed E-state index contributed by atoms with van der Waals surface area (Å²) in [6.45, 7) is 3.22. The predicted octanol–water partition coefficient (Wildman–Crippen LogP) is 1.80. The van der Waals surface area contributed by atoms with Crippen LogP contribution in [0, 0.1) is 12.3 Å². The molecule has 0 unspecified atom stereocenters. The zero-order valence-electron chi connectivity index (χ0n) is 11.0. The van der Waals surface area contributed by atoms with E-state index in [4.69, 9.17) is 12.2 Å². The monoisotopic (exact) mass is 277 g/mol. The third-order valence-corrected chi connectivity index (χ3v) is 3.24. The lowest BCUT2D eigenvalue weighted by Gasteiger charge is -2.12. The number of nitrogens with two attached hydrogens (primary N) is 1. The number of amides is 1. The Morgan fingerprint density at radius 2 is 2.32 bits per heavy atom. The summed E-state index contributed by atoms with van der Waals surface area (Å²) in [4.78, 5) is 11.9. The van der Waals surface area contributed by atoms with Crippen molar-refractivity contribution in [3.8, 4) is 12.3 Å². The SMILES string of the molecule is C#CCSCCNc1cc(N)ccc1C(=O)NCC. The molecule has 0 heterocycles. The molecule has 102 valence electrons. The molecule has 0 radical (unpaired) electrons. The Kier molecular flexibility index (Phi) is 6.69. The van der Waals surface area contributed by atoms with Crippen molar-refractivity contribution in [2.24, 2.45) is 0 Å². The standard InChI is InChI=1S/C14H19N3OS/c1-3-8-19-9-7-17-13-10-11(15)5-6-12(13)14(18)16-4-2/h1,5-6,10,17H,4,7-9,15H2,2H3,(H,16,18). The first-order chi connectivity index (χ1) is 9.19. The predicted molar refractivity (Wildman–Crippen MR) is 83.5 cm³/mol. The molecule has 0 aromatic heterocycles. The second kappa shape index (κ2) is 8.33. The first-order valence-electron chi connectivity index (χ1n) is 6.11. The zero-order valence-corrected chi connectivity index (χ0v) is 11.8. The van der Waals surface area contributed by atoms with Gasteiger partial charge < -0.3 is 16.4 Å². The lowest BCUT2D eigenvalue weighted by Crippen LogP contribution is -2.24. The van der Waals surface area contributed by atoms with Gasteiger partial charge in [0, 0.05) is 30.2 Å². The Labute approximate surface area is 118 Å². The van der Waals surface area contributed by atoms with Gasteiger partial charge in [-0.3, -0.25) is 4.79 Å². The second-order valence-corrected chi connectivity index (χ2v) is 4.95. The highest BCUT2D eigenvalue weighted by molar-refractivity contribution is 7.99. The van der Waals surface area contributed by atoms with E-state index in [0.29, 0.717) is 23.5 Å². The van der Waals surface area contributed by atoms with E-state index in [0.717, 1.165) is 18.0 Å². The quantitative estimate of drug-likeness (QED) is 0.404. The Bertz CT molecular complexity index is 468. The van der Waals surface area contributed by atoms with E-state index in [1.165, 1.54) is 0 Å². The van der Waals surface area contributed by atoms with Crippen molar-refractivity contribution in [3.63, 3.8) is 0 Å². The van der Waals surface area contributed by atoms with E-state index in [1.54, 1.807) is 30.0 Å². The van der Waals surface area contributed by atoms with Crippen LogP contribution in [-0.4, -0.2) is 30.5 Å². The number of hydrogen-bond acceptors (Lipinski definition) is 4. The van der Waals surface area contributed by atoms with E-state index in [2.05, 4.69) is 16.6 Å². The first kappa shape index (κ1) is 15.3. The fourth-order valence-corrected chi connectivity index (χ4v) is 2.06. The van der Waals surface area contributed by atoms with Crippen molar-refractivity contribution < 1.29 is 4.79 Å². The summed E-state index contributed by atoms with van der Waals surface area (Å²) in [5, 5.41) is 6.00. The third kappa shape index (κ3) is 5.14. The van der Waals surface area contributed by atoms with Gasteiger partial charge in [-0.15, -0.1) is 18.2 Å². The van der Waals surface area contributed by atoms with Gasteiger partial charge >= 0.3 is 0 Å². The summed E-state index contributed by atoms with van der Waals surface area (Å²) in [6.07, 6.45) is 5.18. The van der Waals surface area contributed by atoms with E-state index in [9.17, 15) is 4.79 Å². The number of nitrogens with one attached hydrogen (secondary N) is 2. The minimum absolute atomic E-state index is 0.0960. The highest BCUT2D eigenvalue weighted by atomic mass is 32.2. The van der Waals surface area contributed by atoms with Gasteiger partial charge in [-0.1, -0.05) is 5.92 Å². The van der Waals surface area contributed by atoms with Gasteiger partial charge in [0.05, 0.1) is 11.3 Å². The lowest BCUT2D eigenvalue weighted by molar-refractivity contribution is 0.0956. The van der Waals surface area contributed by atoms with E-state index >= 15 is 0 Å². The van der Waals surface area contributed by atoms with E-state index < -0.39 is 0 Å². The van der Waals surface area contributed by atoms with Crippen LogP contribution in [0.1, 0.15) is 17.3 Å². The van der Waals surface area contributed by atoms with Crippen LogP contribution >= 0.6 is 11.8 Å². The molecular formula is C14H19N3OS. The van der Waals surface area contributed by atoms with Crippen LogP contribution in [0.3, 0.4) is 0 Å². The maximum absolute atomic E-state index is 11.9. The number of carbonyl (C=O) groups is 1. The number of hydrogen-bond donors (Lipinski definition) is 3. The van der Waals surface area contributed by atoms with Crippen LogP contribution in [0.2, 0.25) is 0 Å². The summed E-state index contributed by atoms with van der Waals surface area (Å²) >= 11 is 1.67. The molecule has 0 aliphatic carbocycles. The number of terminal acetylenes is 1. The van der Waals surface area contributed by atoms with Gasteiger partial charge in [-0.05, 0) is 25.1 Å². The molecular weight excluding hydrogens is 258 g/mol. The molecule has 4 N–H and O–H groups in total. The molecule has 1 aromatic carbocycles. The van der Waals surface area contributed by atoms with Crippen molar-refractivity contribution in [1.82, 2.24) is 5.32 Å². The van der Waals surface area contributed by atoms with Crippen LogP contribution in [0.4, 0.5) is 11.4 Å². The third-order valence-electron chi connectivity index (χ3n) is 2.37. The Morgan fingerprint density at radius 1 is 1.53 bits per heavy atom. The van der Waals surface area contributed by atoms with Crippen molar-refractivity contribution >= 4 is 29.0 Å². The normalized spacial score (nSPS) is 9.68. The van der Waals surface area contributed by atoms with Gasteiger partial charge in [0.15, 0.2) is 0 Å². The van der Waals surface area contributed by atoms with E-state index in [1.807, 2.05) is 6.92 Å². The summed E-state index contributed by atoms with van der Waals surface area (Å²) in [5.74, 6) is 4.06. The molecule has 1 rings (SSSR count). The topological polar surface area (TPSA) is 67.1 Å². The molecule has 4 nitrogen and oxygen atoms in total. The molecule has 0 aliphatic rings. The smallest absolute Gasteiger partial charge is 0.253 e. The Hall–Kier alpha value is -1.80. The summed E-state index contributed by atoms with van der Waals surface area (Å²) in [6, 6.07) is 5.23. The van der Waals surface area contributed by atoms with Crippen molar-refractivity contribution in [2.45, 2.75) is 6.92 Å². The lowest BCUT2D eigenvalue weighted by atomic mass is 10.1. The molecule has 19 heavy (non-hydrogen) atoms. The minimum Gasteiger partial charge on any atom is -0.399 e. The maximum atomic E-state index is 11.9. The minimum atomic E-state index is -0.0960. The molecule has 0 saturated carbocycles. The van der Waals surface area contributed by atoms with Crippen LogP contribution < -0.4 is 16.4 Å². The number of nitrogen functional groups attached to an aromatic ring is 1. The van der Waals surface area contributed by atoms with Crippen LogP contribution in [0.15, 0.2) is 18.2 Å². The molecule has 0 aliphatic heterocycles. The first-order valence-corrected chi connectivity index (χ1v) is 7.27. The van der Waals surface area contributed by atoms with Crippen LogP contribution in [-0.2, 0) is 0 Å². The molecule has 0 bridgehead atoms. The average molecular weight is 277 g/mol. The van der Waals surface area contributed by atoms with Crippen LogP contribution in [0.25, 0.3) is 0 Å². The second-order valence-electron chi connectivity index (χ2n) is 3.85. The number of benzene rings is 1. The fourth-order valence-electron chi connectivity index (χ4n) is 1.55. The van der Waals surface area contributed by atoms with Crippen LogP contribution in [0.5, 0.6) is 0 Å². The number of anilines is 2. The van der Waals surface area contributed by atoms with Crippen molar-refractivity contribution in [3.05, 3.63) is 23.8 Å². The summed E-state index contributed by atoms with van der Waals surface area (Å²) in [5.41, 5.74) is 7.75. The average Bonchev–Trinajstić information content (AvgIpc) is 2.39. The molecule has 0 fully saturated rings. The highest BCUT2D eigenvalue weighted by Crippen LogP contribution is 2.19. The van der Waals surface area contributed by atoms with Gasteiger partial charge in [0.25, 0.3) is 5.91 Å². The van der Waals surface area contributed by atoms with Crippen molar-refractivity contribution in [1.29, 1.82) is 0 Å². The van der Waals surface area contributed by atoms with Gasteiger partial charge in [-0.25, -0.2) is 0 Å². The summed E-state index contributed by atoms with van der Waals surface area (Å²) in [7, 11) is 0. The molecule has 0 atom stereocenters. The Balaban J connectivity index is 2.66. The highest BCUT2D eigenvalue weighted by Gasteiger charge is 2.10. The molecule has 0 spiro atoms. The largest absolute Gasteiger partial charge is 0.399 e. The van der Waals surface area contributed by atoms with E-state index in [-0.39, 0.29) is 5.91 Å². The number of rotatable bonds is 7. The summed E-state index contributed by atoms with van der Waals surface area (Å²) < 4.78 is 0. The molecule has 5 heteroatoms. The molecule has 0 saturated heterocycles. The number of thioether (sulfide) groups is 1. The molecule has 1 aromatic rings. The van der Waals surface area contributed by atoms with Gasteiger partial charge in [0.2, 0.25) is 0 Å². The maximum Gasteiger partial charge on any atom is 0.253 e. The van der Waals surface area contributed by atoms with Gasteiger partial charge in [0.1, 0.15) is 0 Å². The van der Waals surface area contributed by atoms with Gasteiger partial charge in [-0.2, -0.15) is 0 Å². The zero-order chi connectivity index (χ0) is 14.1. The fraction of sp³-hybridized carbons (Fsp3) is 0.357.